The van der Waals surface area contributed by atoms with Crippen LogP contribution in [0.4, 0.5) is 4.39 Å². The summed E-state index contributed by atoms with van der Waals surface area (Å²) in [5.41, 5.74) is 0. The van der Waals surface area contributed by atoms with Gasteiger partial charge in [0.15, 0.2) is 0 Å². The van der Waals surface area contributed by atoms with Crippen molar-refractivity contribution in [1.29, 1.82) is 0 Å². The molecule has 2 unspecified atom stereocenters. The first-order valence-corrected chi connectivity index (χ1v) is 6.95. The summed E-state index contributed by atoms with van der Waals surface area (Å²) >= 11 is 1.33. The maximum absolute atomic E-state index is 13.1. The smallest absolute Gasteiger partial charge is 0.261 e. The lowest BCUT2D eigenvalue weighted by molar-refractivity contribution is 0.0927. The fraction of sp³-hybridized carbons (Fsp3) is 0.357. The van der Waals surface area contributed by atoms with Crippen LogP contribution in [0, 0.1) is 5.82 Å². The van der Waals surface area contributed by atoms with Crippen LogP contribution in [0.1, 0.15) is 29.9 Å². The Morgan fingerprint density at radius 3 is 2.84 bits per heavy atom. The van der Waals surface area contributed by atoms with Crippen molar-refractivity contribution in [2.75, 3.05) is 0 Å². The summed E-state index contributed by atoms with van der Waals surface area (Å²) in [7, 11) is 0. The molecule has 0 spiro atoms. The van der Waals surface area contributed by atoms with Crippen LogP contribution in [-0.2, 0) is 0 Å². The van der Waals surface area contributed by atoms with Gasteiger partial charge in [-0.1, -0.05) is 0 Å². The van der Waals surface area contributed by atoms with Crippen molar-refractivity contribution in [3.63, 3.8) is 0 Å². The number of amides is 1. The number of nitrogens with one attached hydrogen (secondary N) is 1. The third kappa shape index (κ3) is 3.52. The van der Waals surface area contributed by atoms with E-state index in [0.29, 0.717) is 11.3 Å². The van der Waals surface area contributed by atoms with Gasteiger partial charge in [-0.2, -0.15) is 0 Å². The molecule has 102 valence electrons. The molecule has 0 aliphatic carbocycles. The Labute approximate surface area is 115 Å². The SMILES string of the molecule is CC(O)CC(C)NC(=O)c1cc2cc(F)ccc2s1. The number of rotatable bonds is 4. The van der Waals surface area contributed by atoms with Crippen LogP contribution < -0.4 is 5.32 Å². The minimum Gasteiger partial charge on any atom is -0.393 e. The van der Waals surface area contributed by atoms with Crippen LogP contribution in [0.5, 0.6) is 0 Å². The molecular formula is C14H16FNO2S. The van der Waals surface area contributed by atoms with Gasteiger partial charge >= 0.3 is 0 Å². The van der Waals surface area contributed by atoms with Crippen LogP contribution in [0.15, 0.2) is 24.3 Å². The highest BCUT2D eigenvalue weighted by atomic mass is 32.1. The summed E-state index contributed by atoms with van der Waals surface area (Å²) in [5.74, 6) is -0.491. The fourth-order valence-electron chi connectivity index (χ4n) is 1.99. The third-order valence-corrected chi connectivity index (χ3v) is 3.89. The minimum absolute atomic E-state index is 0.102. The van der Waals surface area contributed by atoms with Crippen molar-refractivity contribution in [1.82, 2.24) is 5.32 Å². The highest BCUT2D eigenvalue weighted by Gasteiger charge is 2.14. The van der Waals surface area contributed by atoms with Gasteiger partial charge in [0, 0.05) is 10.7 Å². The Kier molecular flexibility index (Phi) is 4.17. The molecule has 0 fully saturated rings. The first-order valence-electron chi connectivity index (χ1n) is 6.13. The summed E-state index contributed by atoms with van der Waals surface area (Å²) in [6, 6.07) is 6.06. The second-order valence-electron chi connectivity index (χ2n) is 4.75. The van der Waals surface area contributed by atoms with Gasteiger partial charge in [0.25, 0.3) is 5.91 Å². The van der Waals surface area contributed by atoms with Crippen molar-refractivity contribution in [2.24, 2.45) is 0 Å². The van der Waals surface area contributed by atoms with Gasteiger partial charge in [-0.15, -0.1) is 11.3 Å². The highest BCUT2D eigenvalue weighted by molar-refractivity contribution is 7.20. The normalized spacial score (nSPS) is 14.3. The number of fused-ring (bicyclic) bond motifs is 1. The summed E-state index contributed by atoms with van der Waals surface area (Å²) in [4.78, 5) is 12.6. The van der Waals surface area contributed by atoms with Crippen LogP contribution in [0.3, 0.4) is 0 Å². The molecule has 0 bridgehead atoms. The number of halogens is 1. The molecule has 5 heteroatoms. The predicted octanol–water partition coefficient (Wildman–Crippen LogP) is 2.93. The molecule has 0 saturated heterocycles. The maximum Gasteiger partial charge on any atom is 0.261 e. The van der Waals surface area contributed by atoms with Gasteiger partial charge in [-0.25, -0.2) is 4.39 Å². The topological polar surface area (TPSA) is 49.3 Å². The maximum atomic E-state index is 13.1. The number of hydrogen-bond acceptors (Lipinski definition) is 3. The van der Waals surface area contributed by atoms with Crippen LogP contribution in [0.25, 0.3) is 10.1 Å². The van der Waals surface area contributed by atoms with Crippen molar-refractivity contribution >= 4 is 27.3 Å². The van der Waals surface area contributed by atoms with Crippen molar-refractivity contribution in [3.8, 4) is 0 Å². The second-order valence-corrected chi connectivity index (χ2v) is 5.84. The molecule has 0 aliphatic heterocycles. The summed E-state index contributed by atoms with van der Waals surface area (Å²) in [6.45, 7) is 3.53. The molecule has 1 aromatic carbocycles. The molecule has 19 heavy (non-hydrogen) atoms. The average molecular weight is 281 g/mol. The lowest BCUT2D eigenvalue weighted by Crippen LogP contribution is -2.34. The fourth-order valence-corrected chi connectivity index (χ4v) is 2.94. The van der Waals surface area contributed by atoms with E-state index in [-0.39, 0.29) is 17.8 Å². The Hall–Kier alpha value is -1.46. The standard InChI is InChI=1S/C14H16FNO2S/c1-8(5-9(2)17)16-14(18)13-7-10-6-11(15)3-4-12(10)19-13/h3-4,6-9,17H,5H2,1-2H3,(H,16,18). The third-order valence-electron chi connectivity index (χ3n) is 2.77. The van der Waals surface area contributed by atoms with Gasteiger partial charge < -0.3 is 10.4 Å². The van der Waals surface area contributed by atoms with Crippen molar-refractivity contribution in [2.45, 2.75) is 32.4 Å². The average Bonchev–Trinajstić information content (AvgIpc) is 2.70. The van der Waals surface area contributed by atoms with Crippen molar-refractivity contribution < 1.29 is 14.3 Å². The number of hydrogen-bond donors (Lipinski definition) is 2. The van der Waals surface area contributed by atoms with E-state index < -0.39 is 6.10 Å². The van der Waals surface area contributed by atoms with E-state index in [1.54, 1.807) is 19.1 Å². The van der Waals surface area contributed by atoms with Gasteiger partial charge in [-0.3, -0.25) is 4.79 Å². The Morgan fingerprint density at radius 2 is 2.16 bits per heavy atom. The zero-order valence-corrected chi connectivity index (χ0v) is 11.6. The lowest BCUT2D eigenvalue weighted by atomic mass is 10.1. The van der Waals surface area contributed by atoms with Crippen molar-refractivity contribution in [3.05, 3.63) is 35.0 Å². The zero-order chi connectivity index (χ0) is 14.0. The Balaban J connectivity index is 2.13. The van der Waals surface area contributed by atoms with E-state index in [1.165, 1.54) is 23.5 Å². The van der Waals surface area contributed by atoms with E-state index in [4.69, 9.17) is 0 Å². The number of thiophene rings is 1. The molecule has 1 heterocycles. The van der Waals surface area contributed by atoms with Crippen LogP contribution >= 0.6 is 11.3 Å². The van der Waals surface area contributed by atoms with Crippen LogP contribution in [0.2, 0.25) is 0 Å². The van der Waals surface area contributed by atoms with E-state index in [1.807, 2.05) is 6.92 Å². The number of benzene rings is 1. The molecule has 0 saturated carbocycles. The summed E-state index contributed by atoms with van der Waals surface area (Å²) < 4.78 is 14.0. The quantitative estimate of drug-likeness (QED) is 0.905. The summed E-state index contributed by atoms with van der Waals surface area (Å²) in [6.07, 6.45) is 0.0532. The summed E-state index contributed by atoms with van der Waals surface area (Å²) in [5, 5.41) is 12.8. The molecule has 0 radical (unpaired) electrons. The Bertz CT molecular complexity index is 594. The second kappa shape index (κ2) is 5.67. The minimum atomic E-state index is -0.452. The number of aliphatic hydroxyl groups is 1. The zero-order valence-electron chi connectivity index (χ0n) is 10.8. The van der Waals surface area contributed by atoms with E-state index in [9.17, 15) is 14.3 Å². The molecule has 2 aromatic rings. The van der Waals surface area contributed by atoms with Gasteiger partial charge in [0.1, 0.15) is 5.82 Å². The van der Waals surface area contributed by atoms with Gasteiger partial charge in [0.05, 0.1) is 11.0 Å². The number of carbonyl (C=O) groups is 1. The van der Waals surface area contributed by atoms with E-state index in [2.05, 4.69) is 5.32 Å². The van der Waals surface area contributed by atoms with E-state index in [0.717, 1.165) is 10.1 Å². The first kappa shape index (κ1) is 14.0. The van der Waals surface area contributed by atoms with Gasteiger partial charge in [-0.05, 0) is 49.9 Å². The molecule has 1 amide bonds. The number of carbonyl (C=O) groups excluding carboxylic acids is 1. The largest absolute Gasteiger partial charge is 0.393 e. The molecule has 3 nitrogen and oxygen atoms in total. The highest BCUT2D eigenvalue weighted by Crippen LogP contribution is 2.26. The monoisotopic (exact) mass is 281 g/mol. The molecule has 1 aromatic heterocycles. The lowest BCUT2D eigenvalue weighted by Gasteiger charge is -2.14. The van der Waals surface area contributed by atoms with E-state index >= 15 is 0 Å². The van der Waals surface area contributed by atoms with Gasteiger partial charge in [0.2, 0.25) is 0 Å². The molecule has 2 atom stereocenters. The molecule has 0 aliphatic rings. The molecule has 2 rings (SSSR count). The molecule has 2 N–H and O–H groups in total. The molecular weight excluding hydrogens is 265 g/mol. The Morgan fingerprint density at radius 1 is 1.42 bits per heavy atom. The predicted molar refractivity (Wildman–Crippen MR) is 75.0 cm³/mol. The van der Waals surface area contributed by atoms with Crippen LogP contribution in [-0.4, -0.2) is 23.2 Å². The number of aliphatic hydroxyl groups excluding tert-OH is 1. The first-order chi connectivity index (χ1) is 8.95.